The number of hydrogen-bond acceptors (Lipinski definition) is 3. The smallest absolute Gasteiger partial charge is 0.373 e. The maximum Gasteiger partial charge on any atom is 0.373 e. The molecule has 1 rings (SSSR count). The fraction of sp³-hybridized carbons (Fsp3) is 0.250. The molecule has 0 aliphatic rings. The second-order valence-corrected chi connectivity index (χ2v) is 3.14. The average molecular weight is 224 g/mol. The van der Waals surface area contributed by atoms with Gasteiger partial charge in [-0.1, -0.05) is 12.1 Å². The van der Waals surface area contributed by atoms with Gasteiger partial charge in [-0.2, -0.15) is 0 Å². The van der Waals surface area contributed by atoms with Gasteiger partial charge in [0, 0.05) is 0 Å². The van der Waals surface area contributed by atoms with Gasteiger partial charge in [-0.3, -0.25) is 0 Å². The van der Waals surface area contributed by atoms with Gasteiger partial charge in [0.05, 0.1) is 6.61 Å². The van der Waals surface area contributed by atoms with E-state index in [9.17, 15) is 14.3 Å². The number of aliphatic hydroxyl groups is 1. The van der Waals surface area contributed by atoms with E-state index in [0.717, 1.165) is 5.56 Å². The number of allylic oxidation sites excluding steroid dienone is 1. The average Bonchev–Trinajstić information content (AvgIpc) is 2.28. The summed E-state index contributed by atoms with van der Waals surface area (Å²) in [7, 11) is 0. The Morgan fingerprint density at radius 3 is 2.62 bits per heavy atom. The summed E-state index contributed by atoms with van der Waals surface area (Å²) in [5.74, 6) is -1.49. The highest BCUT2D eigenvalue weighted by Gasteiger charge is 2.06. The van der Waals surface area contributed by atoms with Crippen LogP contribution in [0.15, 0.2) is 36.1 Å². The van der Waals surface area contributed by atoms with Crippen molar-refractivity contribution >= 4 is 5.97 Å². The molecule has 1 aromatic carbocycles. The van der Waals surface area contributed by atoms with E-state index in [2.05, 4.69) is 4.74 Å². The van der Waals surface area contributed by atoms with Crippen molar-refractivity contribution in [3.63, 3.8) is 0 Å². The first-order valence-corrected chi connectivity index (χ1v) is 4.94. The summed E-state index contributed by atoms with van der Waals surface area (Å²) in [4.78, 5) is 11.0. The minimum Gasteiger partial charge on any atom is -0.502 e. The monoisotopic (exact) mass is 224 g/mol. The van der Waals surface area contributed by atoms with Crippen molar-refractivity contribution < 1.29 is 19.0 Å². The molecule has 0 heterocycles. The zero-order valence-electron chi connectivity index (χ0n) is 8.94. The number of benzene rings is 1. The molecule has 0 atom stereocenters. The van der Waals surface area contributed by atoms with Gasteiger partial charge in [0.1, 0.15) is 5.82 Å². The molecule has 0 radical (unpaired) electrons. The standard InChI is InChI=1S/C12H13FO3/c1-2-16-12(15)11(14)8-5-9-3-6-10(13)7-4-9/h3-4,6-8,14H,2,5H2,1H3. The third-order valence-corrected chi connectivity index (χ3v) is 1.93. The van der Waals surface area contributed by atoms with Gasteiger partial charge in [-0.15, -0.1) is 0 Å². The fourth-order valence-corrected chi connectivity index (χ4v) is 1.12. The molecule has 0 unspecified atom stereocenters. The van der Waals surface area contributed by atoms with Gasteiger partial charge >= 0.3 is 5.97 Å². The van der Waals surface area contributed by atoms with Crippen LogP contribution in [0, 0.1) is 5.82 Å². The largest absolute Gasteiger partial charge is 0.502 e. The highest BCUT2D eigenvalue weighted by molar-refractivity contribution is 5.85. The molecule has 0 aromatic heterocycles. The number of carbonyl (C=O) groups is 1. The minimum atomic E-state index is -0.746. The maximum absolute atomic E-state index is 12.6. The predicted molar refractivity (Wildman–Crippen MR) is 57.4 cm³/mol. The summed E-state index contributed by atoms with van der Waals surface area (Å²) in [6, 6.07) is 5.82. The molecule has 0 fully saturated rings. The summed E-state index contributed by atoms with van der Waals surface area (Å²) in [5.41, 5.74) is 0.803. The maximum atomic E-state index is 12.6. The quantitative estimate of drug-likeness (QED) is 0.485. The Kier molecular flexibility index (Phi) is 4.51. The van der Waals surface area contributed by atoms with Crippen LogP contribution >= 0.6 is 0 Å². The summed E-state index contributed by atoms with van der Waals surface area (Å²) in [6.07, 6.45) is 1.69. The molecule has 16 heavy (non-hydrogen) atoms. The lowest BCUT2D eigenvalue weighted by Crippen LogP contribution is -2.07. The molecule has 0 aliphatic carbocycles. The van der Waals surface area contributed by atoms with Crippen LogP contribution in [0.5, 0.6) is 0 Å². The summed E-state index contributed by atoms with van der Waals surface area (Å²) in [6.45, 7) is 1.87. The van der Waals surface area contributed by atoms with Crippen molar-refractivity contribution in [1.82, 2.24) is 0 Å². The number of halogens is 1. The van der Waals surface area contributed by atoms with Crippen molar-refractivity contribution in [2.75, 3.05) is 6.61 Å². The molecule has 1 aromatic rings. The first-order valence-electron chi connectivity index (χ1n) is 4.94. The lowest BCUT2D eigenvalue weighted by molar-refractivity contribution is -0.141. The number of hydrogen-bond donors (Lipinski definition) is 1. The summed E-state index contributed by atoms with van der Waals surface area (Å²) >= 11 is 0. The van der Waals surface area contributed by atoms with Gasteiger partial charge in [0.15, 0.2) is 5.76 Å². The normalized spacial score (nSPS) is 11.2. The molecule has 4 heteroatoms. The van der Waals surface area contributed by atoms with Crippen molar-refractivity contribution in [2.45, 2.75) is 13.3 Å². The molecular weight excluding hydrogens is 211 g/mol. The number of aliphatic hydroxyl groups excluding tert-OH is 1. The molecule has 0 bridgehead atoms. The molecule has 0 saturated heterocycles. The van der Waals surface area contributed by atoms with Gasteiger partial charge in [0.25, 0.3) is 0 Å². The van der Waals surface area contributed by atoms with Gasteiger partial charge < -0.3 is 9.84 Å². The van der Waals surface area contributed by atoms with Crippen molar-refractivity contribution in [3.8, 4) is 0 Å². The van der Waals surface area contributed by atoms with Crippen molar-refractivity contribution in [3.05, 3.63) is 47.5 Å². The van der Waals surface area contributed by atoms with Crippen LogP contribution in [0.1, 0.15) is 12.5 Å². The molecule has 0 aliphatic heterocycles. The highest BCUT2D eigenvalue weighted by atomic mass is 19.1. The number of rotatable bonds is 4. The fourth-order valence-electron chi connectivity index (χ4n) is 1.12. The van der Waals surface area contributed by atoms with Crippen LogP contribution in [-0.4, -0.2) is 17.7 Å². The Morgan fingerprint density at radius 1 is 1.44 bits per heavy atom. The Balaban J connectivity index is 2.58. The second kappa shape index (κ2) is 5.90. The van der Waals surface area contributed by atoms with Crippen molar-refractivity contribution in [2.24, 2.45) is 0 Å². The van der Waals surface area contributed by atoms with Crippen LogP contribution in [0.2, 0.25) is 0 Å². The predicted octanol–water partition coefficient (Wildman–Crippen LogP) is 2.37. The van der Waals surface area contributed by atoms with Gasteiger partial charge in [-0.05, 0) is 37.1 Å². The number of carbonyl (C=O) groups excluding carboxylic acids is 1. The molecular formula is C12H13FO3. The van der Waals surface area contributed by atoms with E-state index in [1.807, 2.05) is 0 Å². The summed E-state index contributed by atoms with van der Waals surface area (Å²) < 4.78 is 17.2. The Labute approximate surface area is 93.2 Å². The van der Waals surface area contributed by atoms with E-state index >= 15 is 0 Å². The first kappa shape index (κ1) is 12.2. The van der Waals surface area contributed by atoms with E-state index < -0.39 is 11.7 Å². The van der Waals surface area contributed by atoms with E-state index in [4.69, 9.17) is 0 Å². The minimum absolute atomic E-state index is 0.216. The number of esters is 1. The van der Waals surface area contributed by atoms with E-state index in [-0.39, 0.29) is 12.4 Å². The Bertz CT molecular complexity index is 382. The van der Waals surface area contributed by atoms with Crippen LogP contribution in [0.3, 0.4) is 0 Å². The lowest BCUT2D eigenvalue weighted by Gasteiger charge is -2.00. The second-order valence-electron chi connectivity index (χ2n) is 3.14. The van der Waals surface area contributed by atoms with E-state index in [0.29, 0.717) is 6.42 Å². The number of ether oxygens (including phenoxy) is 1. The first-order chi connectivity index (χ1) is 7.63. The molecule has 0 spiro atoms. The molecule has 1 N–H and O–H groups in total. The molecule has 0 amide bonds. The Hall–Kier alpha value is -1.84. The summed E-state index contributed by atoms with van der Waals surface area (Å²) in [5, 5.41) is 9.28. The Morgan fingerprint density at radius 2 is 2.06 bits per heavy atom. The molecule has 86 valence electrons. The van der Waals surface area contributed by atoms with Crippen molar-refractivity contribution in [1.29, 1.82) is 0 Å². The van der Waals surface area contributed by atoms with Crippen LogP contribution < -0.4 is 0 Å². The molecule has 0 saturated carbocycles. The van der Waals surface area contributed by atoms with Gasteiger partial charge in [0.2, 0.25) is 0 Å². The lowest BCUT2D eigenvalue weighted by atomic mass is 10.1. The van der Waals surface area contributed by atoms with Crippen LogP contribution in [0.4, 0.5) is 4.39 Å². The zero-order valence-corrected chi connectivity index (χ0v) is 8.94. The van der Waals surface area contributed by atoms with Crippen LogP contribution in [-0.2, 0) is 16.0 Å². The van der Waals surface area contributed by atoms with E-state index in [1.165, 1.54) is 18.2 Å². The third-order valence-electron chi connectivity index (χ3n) is 1.93. The van der Waals surface area contributed by atoms with Gasteiger partial charge in [-0.25, -0.2) is 9.18 Å². The highest BCUT2D eigenvalue weighted by Crippen LogP contribution is 2.05. The zero-order chi connectivity index (χ0) is 12.0. The molecule has 3 nitrogen and oxygen atoms in total. The van der Waals surface area contributed by atoms with E-state index in [1.54, 1.807) is 19.1 Å². The topological polar surface area (TPSA) is 46.5 Å². The third kappa shape index (κ3) is 3.73. The van der Waals surface area contributed by atoms with Crippen LogP contribution in [0.25, 0.3) is 0 Å². The SMILES string of the molecule is CCOC(=O)C(O)=CCc1ccc(F)cc1.